The number of carbonyl (C=O) groups excluding carboxylic acids is 1. The van der Waals surface area contributed by atoms with Crippen molar-refractivity contribution in [3.05, 3.63) is 52.4 Å². The van der Waals surface area contributed by atoms with Crippen molar-refractivity contribution in [2.24, 2.45) is 0 Å². The van der Waals surface area contributed by atoms with E-state index in [2.05, 4.69) is 34.0 Å². The highest BCUT2D eigenvalue weighted by atomic mass is 32.1. The van der Waals surface area contributed by atoms with E-state index in [-0.39, 0.29) is 18.0 Å². The van der Waals surface area contributed by atoms with Crippen LogP contribution in [0, 0.1) is 0 Å². The second-order valence-corrected chi connectivity index (χ2v) is 8.41. The number of para-hydroxylation sites is 1. The summed E-state index contributed by atoms with van der Waals surface area (Å²) in [5, 5.41) is 4.99. The molecule has 8 nitrogen and oxygen atoms in total. The van der Waals surface area contributed by atoms with Crippen LogP contribution < -0.4 is 15.4 Å². The van der Waals surface area contributed by atoms with Gasteiger partial charge in [0, 0.05) is 50.7 Å². The number of hydrogen-bond acceptors (Lipinski definition) is 7. The third-order valence-corrected chi connectivity index (χ3v) is 6.27. The number of carbonyl (C=O) groups is 1. The Labute approximate surface area is 179 Å². The summed E-state index contributed by atoms with van der Waals surface area (Å²) in [7, 11) is 1.83. The number of likely N-dealkylation sites (N-methyl/N-ethyl adjacent to an activating group) is 1. The summed E-state index contributed by atoms with van der Waals surface area (Å²) in [4.78, 5) is 36.2. The zero-order valence-corrected chi connectivity index (χ0v) is 18.1. The average molecular weight is 427 g/mol. The minimum atomic E-state index is -0.178. The van der Waals surface area contributed by atoms with E-state index in [4.69, 9.17) is 0 Å². The van der Waals surface area contributed by atoms with Gasteiger partial charge in [0.1, 0.15) is 0 Å². The molecule has 1 amide bonds. The van der Waals surface area contributed by atoms with Gasteiger partial charge in [0.2, 0.25) is 16.0 Å². The molecular formula is C21H26N6O2S. The van der Waals surface area contributed by atoms with Crippen LogP contribution in [0.25, 0.3) is 4.96 Å². The molecule has 0 saturated carbocycles. The molecule has 1 aliphatic heterocycles. The van der Waals surface area contributed by atoms with Crippen molar-refractivity contribution in [2.45, 2.75) is 19.8 Å². The first-order chi connectivity index (χ1) is 14.5. The van der Waals surface area contributed by atoms with Crippen LogP contribution in [-0.4, -0.2) is 65.2 Å². The third kappa shape index (κ3) is 4.30. The monoisotopic (exact) mass is 426 g/mol. The first kappa shape index (κ1) is 20.3. The summed E-state index contributed by atoms with van der Waals surface area (Å²) in [6.45, 7) is 5.31. The molecule has 158 valence electrons. The van der Waals surface area contributed by atoms with Crippen LogP contribution in [0.2, 0.25) is 0 Å². The number of piperazine rings is 1. The van der Waals surface area contributed by atoms with Crippen molar-refractivity contribution in [1.82, 2.24) is 19.5 Å². The molecule has 0 bridgehead atoms. The van der Waals surface area contributed by atoms with Gasteiger partial charge in [-0.15, -0.1) is 5.10 Å². The number of fused-ring (bicyclic) bond motifs is 1. The standard InChI is InChI=1S/C21H26N6O2S/c1-3-7-16-14-18(28)27-20(22-16)30-21(23-27)24(2)15-19(29)26-12-10-25(11-13-26)17-8-5-4-6-9-17/h4-6,8-9,14H,3,7,10-13,15H2,1-2H3. The Morgan fingerprint density at radius 3 is 2.60 bits per heavy atom. The number of anilines is 2. The molecule has 9 heteroatoms. The molecule has 0 N–H and O–H groups in total. The number of amides is 1. The fraction of sp³-hybridized carbons (Fsp3) is 0.429. The number of aryl methyl sites for hydroxylation is 1. The molecule has 30 heavy (non-hydrogen) atoms. The summed E-state index contributed by atoms with van der Waals surface area (Å²) in [5.41, 5.74) is 1.80. The van der Waals surface area contributed by atoms with Crippen LogP contribution in [0.5, 0.6) is 0 Å². The van der Waals surface area contributed by atoms with E-state index in [1.807, 2.05) is 30.1 Å². The number of benzene rings is 1. The maximum atomic E-state index is 12.8. The molecule has 0 aliphatic carbocycles. The zero-order chi connectivity index (χ0) is 21.1. The van der Waals surface area contributed by atoms with E-state index < -0.39 is 0 Å². The molecular weight excluding hydrogens is 400 g/mol. The van der Waals surface area contributed by atoms with Gasteiger partial charge in [0.15, 0.2) is 0 Å². The Balaban J connectivity index is 1.39. The average Bonchev–Trinajstić information content (AvgIpc) is 3.20. The normalized spacial score (nSPS) is 14.3. The molecule has 0 spiro atoms. The van der Waals surface area contributed by atoms with Gasteiger partial charge in [-0.2, -0.15) is 4.52 Å². The molecule has 1 aliphatic rings. The largest absolute Gasteiger partial charge is 0.368 e. The van der Waals surface area contributed by atoms with Crippen LogP contribution in [-0.2, 0) is 11.2 Å². The Morgan fingerprint density at radius 2 is 1.90 bits per heavy atom. The first-order valence-electron chi connectivity index (χ1n) is 10.2. The van der Waals surface area contributed by atoms with Gasteiger partial charge in [0.05, 0.1) is 6.54 Å². The summed E-state index contributed by atoms with van der Waals surface area (Å²) in [6, 6.07) is 11.8. The summed E-state index contributed by atoms with van der Waals surface area (Å²) < 4.78 is 1.32. The molecule has 0 radical (unpaired) electrons. The topological polar surface area (TPSA) is 74.1 Å². The van der Waals surface area contributed by atoms with E-state index in [9.17, 15) is 9.59 Å². The van der Waals surface area contributed by atoms with Crippen LogP contribution in [0.1, 0.15) is 19.0 Å². The van der Waals surface area contributed by atoms with Gasteiger partial charge in [-0.05, 0) is 18.6 Å². The Hall–Kier alpha value is -2.94. The predicted octanol–water partition coefficient (Wildman–Crippen LogP) is 1.89. The minimum Gasteiger partial charge on any atom is -0.368 e. The zero-order valence-electron chi connectivity index (χ0n) is 17.3. The van der Waals surface area contributed by atoms with E-state index in [1.54, 1.807) is 4.90 Å². The van der Waals surface area contributed by atoms with E-state index >= 15 is 0 Å². The SMILES string of the molecule is CCCc1cc(=O)n2nc(N(C)CC(=O)N3CCN(c4ccccc4)CC3)sc2n1. The van der Waals surface area contributed by atoms with Gasteiger partial charge in [0.25, 0.3) is 5.56 Å². The van der Waals surface area contributed by atoms with Gasteiger partial charge in [-0.25, -0.2) is 4.98 Å². The summed E-state index contributed by atoms with van der Waals surface area (Å²) in [6.07, 6.45) is 1.70. The van der Waals surface area contributed by atoms with Crippen LogP contribution >= 0.6 is 11.3 Å². The van der Waals surface area contributed by atoms with Crippen molar-refractivity contribution in [3.8, 4) is 0 Å². The second kappa shape index (κ2) is 8.83. The van der Waals surface area contributed by atoms with Crippen molar-refractivity contribution < 1.29 is 4.79 Å². The molecule has 2 aromatic heterocycles. The fourth-order valence-corrected chi connectivity index (χ4v) is 4.49. The van der Waals surface area contributed by atoms with E-state index in [0.717, 1.165) is 31.6 Å². The molecule has 3 aromatic rings. The molecule has 1 fully saturated rings. The number of rotatable bonds is 6. The highest BCUT2D eigenvalue weighted by molar-refractivity contribution is 7.20. The highest BCUT2D eigenvalue weighted by Crippen LogP contribution is 2.21. The molecule has 4 rings (SSSR count). The first-order valence-corrected chi connectivity index (χ1v) is 11.1. The Bertz CT molecular complexity index is 1070. The van der Waals surface area contributed by atoms with Crippen LogP contribution in [0.4, 0.5) is 10.8 Å². The number of aromatic nitrogens is 3. The lowest BCUT2D eigenvalue weighted by atomic mass is 10.2. The Kier molecular flexibility index (Phi) is 5.98. The molecule has 0 unspecified atom stereocenters. The summed E-state index contributed by atoms with van der Waals surface area (Å²) in [5.74, 6) is 0.0662. The predicted molar refractivity (Wildman–Crippen MR) is 120 cm³/mol. The highest BCUT2D eigenvalue weighted by Gasteiger charge is 2.23. The smallest absolute Gasteiger partial charge is 0.275 e. The lowest BCUT2D eigenvalue weighted by molar-refractivity contribution is -0.129. The fourth-order valence-electron chi connectivity index (χ4n) is 3.61. The van der Waals surface area contributed by atoms with Crippen molar-refractivity contribution in [3.63, 3.8) is 0 Å². The van der Waals surface area contributed by atoms with Gasteiger partial charge < -0.3 is 14.7 Å². The number of hydrogen-bond donors (Lipinski definition) is 0. The van der Waals surface area contributed by atoms with E-state index in [1.165, 1.54) is 27.6 Å². The van der Waals surface area contributed by atoms with Crippen molar-refractivity contribution in [1.29, 1.82) is 0 Å². The Morgan fingerprint density at radius 1 is 1.17 bits per heavy atom. The lowest BCUT2D eigenvalue weighted by Gasteiger charge is -2.36. The molecule has 1 aromatic carbocycles. The van der Waals surface area contributed by atoms with Gasteiger partial charge in [-0.1, -0.05) is 42.9 Å². The molecule has 3 heterocycles. The van der Waals surface area contributed by atoms with Crippen LogP contribution in [0.15, 0.2) is 41.2 Å². The third-order valence-electron chi connectivity index (χ3n) is 5.25. The van der Waals surface area contributed by atoms with Gasteiger partial charge in [-0.3, -0.25) is 9.59 Å². The maximum Gasteiger partial charge on any atom is 0.275 e. The molecule has 1 saturated heterocycles. The summed E-state index contributed by atoms with van der Waals surface area (Å²) >= 11 is 1.33. The number of nitrogens with zero attached hydrogens (tertiary/aromatic N) is 6. The van der Waals surface area contributed by atoms with Gasteiger partial charge >= 0.3 is 0 Å². The van der Waals surface area contributed by atoms with Crippen molar-refractivity contribution in [2.75, 3.05) is 49.6 Å². The second-order valence-electron chi connectivity index (χ2n) is 7.47. The lowest BCUT2D eigenvalue weighted by Crippen LogP contribution is -2.51. The van der Waals surface area contributed by atoms with Crippen LogP contribution in [0.3, 0.4) is 0 Å². The molecule has 0 atom stereocenters. The maximum absolute atomic E-state index is 12.8. The quantitative estimate of drug-likeness (QED) is 0.599. The van der Waals surface area contributed by atoms with Crippen molar-refractivity contribution >= 4 is 33.0 Å². The van der Waals surface area contributed by atoms with E-state index in [0.29, 0.717) is 23.2 Å². The minimum absolute atomic E-state index is 0.0662.